The fourth-order valence-corrected chi connectivity index (χ4v) is 3.00. The molecule has 2 nitrogen and oxygen atoms in total. The molecule has 0 heterocycles. The summed E-state index contributed by atoms with van der Waals surface area (Å²) in [6, 6.07) is 11.8. The summed E-state index contributed by atoms with van der Waals surface area (Å²) >= 11 is 0. The zero-order valence-corrected chi connectivity index (χ0v) is 11.5. The number of benzene rings is 2. The Labute approximate surface area is 113 Å². The van der Waals surface area contributed by atoms with E-state index in [1.807, 2.05) is 18.2 Å². The number of phenols is 1. The Morgan fingerprint density at radius 1 is 1.05 bits per heavy atom. The summed E-state index contributed by atoms with van der Waals surface area (Å²) in [6.07, 6.45) is 0.988. The zero-order valence-electron chi connectivity index (χ0n) is 11.5. The van der Waals surface area contributed by atoms with Crippen molar-refractivity contribution < 1.29 is 9.84 Å². The Morgan fingerprint density at radius 3 is 2.58 bits per heavy atom. The van der Waals surface area contributed by atoms with Crippen LogP contribution in [0.4, 0.5) is 0 Å². The van der Waals surface area contributed by atoms with E-state index in [0.717, 1.165) is 17.7 Å². The molecule has 2 heteroatoms. The van der Waals surface area contributed by atoms with E-state index in [1.165, 1.54) is 16.7 Å². The summed E-state index contributed by atoms with van der Waals surface area (Å²) in [5.41, 5.74) is 4.98. The molecule has 0 spiro atoms. The van der Waals surface area contributed by atoms with Gasteiger partial charge in [0.1, 0.15) is 11.5 Å². The Balaban J connectivity index is 2.30. The smallest absolute Gasteiger partial charge is 0.119 e. The molecule has 1 N–H and O–H groups in total. The molecule has 0 atom stereocenters. The fourth-order valence-electron chi connectivity index (χ4n) is 3.00. The van der Waals surface area contributed by atoms with Crippen LogP contribution in [0, 0.1) is 0 Å². The van der Waals surface area contributed by atoms with Crippen molar-refractivity contribution in [2.75, 3.05) is 7.11 Å². The summed E-state index contributed by atoms with van der Waals surface area (Å²) in [6.45, 7) is 4.52. The van der Waals surface area contributed by atoms with Crippen LogP contribution >= 0.6 is 0 Å². The third kappa shape index (κ3) is 1.88. The molecule has 0 saturated heterocycles. The summed E-state index contributed by atoms with van der Waals surface area (Å²) in [5.74, 6) is 1.16. The van der Waals surface area contributed by atoms with Crippen LogP contribution in [0.2, 0.25) is 0 Å². The molecule has 0 fully saturated rings. The highest BCUT2D eigenvalue weighted by molar-refractivity contribution is 5.77. The minimum atomic E-state index is 0.103. The van der Waals surface area contributed by atoms with Crippen molar-refractivity contribution in [2.24, 2.45) is 0 Å². The fraction of sp³-hybridized carbons (Fsp3) is 0.294. The zero-order chi connectivity index (χ0) is 13.6. The first kappa shape index (κ1) is 12.1. The maximum atomic E-state index is 9.74. The molecule has 0 amide bonds. The molecule has 19 heavy (non-hydrogen) atoms. The number of rotatable bonds is 1. The molecule has 0 unspecified atom stereocenters. The highest BCUT2D eigenvalue weighted by Crippen LogP contribution is 2.45. The average molecular weight is 254 g/mol. The first-order chi connectivity index (χ1) is 9.01. The lowest BCUT2D eigenvalue weighted by atomic mass is 9.70. The van der Waals surface area contributed by atoms with Gasteiger partial charge in [0.05, 0.1) is 7.11 Å². The van der Waals surface area contributed by atoms with E-state index in [4.69, 9.17) is 4.74 Å². The highest BCUT2D eigenvalue weighted by atomic mass is 16.5. The van der Waals surface area contributed by atoms with Gasteiger partial charge in [-0.15, -0.1) is 0 Å². The SMILES string of the molecule is COc1ccc2c(c1)-c1cc(O)ccc1CC2(C)C. The molecule has 2 aromatic carbocycles. The van der Waals surface area contributed by atoms with Crippen molar-refractivity contribution in [3.05, 3.63) is 47.5 Å². The maximum Gasteiger partial charge on any atom is 0.119 e. The van der Waals surface area contributed by atoms with E-state index in [-0.39, 0.29) is 5.41 Å². The third-order valence-corrected chi connectivity index (χ3v) is 3.97. The minimum absolute atomic E-state index is 0.103. The van der Waals surface area contributed by atoms with Crippen LogP contribution in [0.3, 0.4) is 0 Å². The number of methoxy groups -OCH3 is 1. The molecule has 3 rings (SSSR count). The van der Waals surface area contributed by atoms with E-state index < -0.39 is 0 Å². The van der Waals surface area contributed by atoms with Gasteiger partial charge in [0.15, 0.2) is 0 Å². The first-order valence-corrected chi connectivity index (χ1v) is 6.52. The quantitative estimate of drug-likeness (QED) is 0.836. The normalized spacial score (nSPS) is 15.5. The van der Waals surface area contributed by atoms with Gasteiger partial charge in [0, 0.05) is 0 Å². The van der Waals surface area contributed by atoms with Gasteiger partial charge in [-0.2, -0.15) is 0 Å². The summed E-state index contributed by atoms with van der Waals surface area (Å²) < 4.78 is 5.33. The summed E-state index contributed by atoms with van der Waals surface area (Å²) in [4.78, 5) is 0. The van der Waals surface area contributed by atoms with E-state index >= 15 is 0 Å². The molecule has 0 saturated carbocycles. The van der Waals surface area contributed by atoms with Crippen LogP contribution in [0.25, 0.3) is 11.1 Å². The average Bonchev–Trinajstić information content (AvgIpc) is 2.39. The second-order valence-corrected chi connectivity index (χ2v) is 5.81. The summed E-state index contributed by atoms with van der Waals surface area (Å²) in [5, 5.41) is 9.74. The minimum Gasteiger partial charge on any atom is -0.508 e. The number of hydrogen-bond donors (Lipinski definition) is 1. The van der Waals surface area contributed by atoms with Crippen molar-refractivity contribution in [3.8, 4) is 22.6 Å². The third-order valence-electron chi connectivity index (χ3n) is 3.97. The van der Waals surface area contributed by atoms with E-state index in [9.17, 15) is 5.11 Å². The molecule has 1 aliphatic carbocycles. The number of hydrogen-bond acceptors (Lipinski definition) is 2. The van der Waals surface area contributed by atoms with Crippen LogP contribution in [0.1, 0.15) is 25.0 Å². The Bertz CT molecular complexity index is 642. The van der Waals surface area contributed by atoms with Gasteiger partial charge in [-0.3, -0.25) is 0 Å². The second kappa shape index (κ2) is 4.02. The van der Waals surface area contributed by atoms with Crippen molar-refractivity contribution in [1.82, 2.24) is 0 Å². The number of ether oxygens (including phenoxy) is 1. The topological polar surface area (TPSA) is 29.5 Å². The predicted octanol–water partition coefficient (Wildman–Crippen LogP) is 3.90. The van der Waals surface area contributed by atoms with Crippen molar-refractivity contribution in [1.29, 1.82) is 0 Å². The lowest BCUT2D eigenvalue weighted by molar-refractivity contribution is 0.414. The lowest BCUT2D eigenvalue weighted by Crippen LogP contribution is -2.25. The van der Waals surface area contributed by atoms with Crippen LogP contribution in [-0.4, -0.2) is 12.2 Å². The van der Waals surface area contributed by atoms with Crippen LogP contribution in [0.5, 0.6) is 11.5 Å². The van der Waals surface area contributed by atoms with Crippen LogP contribution in [0.15, 0.2) is 36.4 Å². The molecule has 0 aromatic heterocycles. The number of aromatic hydroxyl groups is 1. The van der Waals surface area contributed by atoms with Gasteiger partial charge < -0.3 is 9.84 Å². The van der Waals surface area contributed by atoms with Crippen LogP contribution in [-0.2, 0) is 11.8 Å². The summed E-state index contributed by atoms with van der Waals surface area (Å²) in [7, 11) is 1.68. The molecule has 0 bridgehead atoms. The van der Waals surface area contributed by atoms with Gasteiger partial charge in [0.25, 0.3) is 0 Å². The Morgan fingerprint density at radius 2 is 1.84 bits per heavy atom. The van der Waals surface area contributed by atoms with Crippen molar-refractivity contribution in [2.45, 2.75) is 25.7 Å². The lowest BCUT2D eigenvalue weighted by Gasteiger charge is -2.34. The maximum absolute atomic E-state index is 9.74. The molecule has 0 radical (unpaired) electrons. The molecule has 2 aromatic rings. The molecule has 0 aliphatic heterocycles. The van der Waals surface area contributed by atoms with Gasteiger partial charge in [-0.1, -0.05) is 26.0 Å². The predicted molar refractivity (Wildman–Crippen MR) is 76.8 cm³/mol. The van der Waals surface area contributed by atoms with E-state index in [2.05, 4.69) is 26.0 Å². The standard InChI is InChI=1S/C17H18O2/c1-17(2)10-11-4-5-12(18)8-14(11)15-9-13(19-3)6-7-16(15)17/h4-9,18H,10H2,1-3H3. The van der Waals surface area contributed by atoms with Gasteiger partial charge in [-0.25, -0.2) is 0 Å². The van der Waals surface area contributed by atoms with Crippen LogP contribution < -0.4 is 4.74 Å². The molecular weight excluding hydrogens is 236 g/mol. The van der Waals surface area contributed by atoms with Gasteiger partial charge >= 0.3 is 0 Å². The number of phenolic OH excluding ortho intramolecular Hbond substituents is 1. The van der Waals surface area contributed by atoms with Gasteiger partial charge in [0.2, 0.25) is 0 Å². The van der Waals surface area contributed by atoms with E-state index in [0.29, 0.717) is 5.75 Å². The largest absolute Gasteiger partial charge is 0.508 e. The van der Waals surface area contributed by atoms with Crippen molar-refractivity contribution >= 4 is 0 Å². The van der Waals surface area contributed by atoms with Crippen molar-refractivity contribution in [3.63, 3.8) is 0 Å². The Hall–Kier alpha value is -1.96. The number of fused-ring (bicyclic) bond motifs is 3. The highest BCUT2D eigenvalue weighted by Gasteiger charge is 2.31. The monoisotopic (exact) mass is 254 g/mol. The van der Waals surface area contributed by atoms with E-state index in [1.54, 1.807) is 13.2 Å². The first-order valence-electron chi connectivity index (χ1n) is 6.52. The molecule has 98 valence electrons. The second-order valence-electron chi connectivity index (χ2n) is 5.81. The van der Waals surface area contributed by atoms with Gasteiger partial charge in [-0.05, 0) is 58.4 Å². The molecule has 1 aliphatic rings. The molecular formula is C17H18O2. The Kier molecular flexibility index (Phi) is 2.56.